The smallest absolute Gasteiger partial charge is 0.273 e. The molecule has 0 spiro atoms. The van der Waals surface area contributed by atoms with Crippen molar-refractivity contribution in [2.24, 2.45) is 5.10 Å². The number of hydrogen-bond acceptors (Lipinski definition) is 5. The van der Waals surface area contributed by atoms with Gasteiger partial charge in [-0.15, -0.1) is 0 Å². The van der Waals surface area contributed by atoms with Crippen molar-refractivity contribution in [3.63, 3.8) is 0 Å². The molecule has 0 heterocycles. The third kappa shape index (κ3) is 4.17. The van der Waals surface area contributed by atoms with Crippen molar-refractivity contribution < 1.29 is 14.5 Å². The number of hydrogen-bond donors (Lipinski definition) is 1. The lowest BCUT2D eigenvalue weighted by Crippen LogP contribution is -2.18. The summed E-state index contributed by atoms with van der Waals surface area (Å²) in [5, 5.41) is 14.8. The number of carbonyl (C=O) groups is 1. The Bertz CT molecular complexity index is 821. The predicted molar refractivity (Wildman–Crippen MR) is 93.6 cm³/mol. The summed E-state index contributed by atoms with van der Waals surface area (Å²) in [6.45, 7) is 1.61. The molecule has 1 amide bonds. The van der Waals surface area contributed by atoms with Gasteiger partial charge in [0.25, 0.3) is 11.6 Å². The van der Waals surface area contributed by atoms with Crippen LogP contribution in [0.1, 0.15) is 21.5 Å². The van der Waals surface area contributed by atoms with Crippen LogP contribution in [-0.2, 0) is 0 Å². The maximum absolute atomic E-state index is 12.1. The number of rotatable bonds is 5. The number of nitrogens with one attached hydrogen (secondary N) is 1. The molecular formula is C16H14BrN3O4. The Morgan fingerprint density at radius 3 is 2.75 bits per heavy atom. The molecule has 2 aromatic rings. The van der Waals surface area contributed by atoms with Crippen molar-refractivity contribution in [1.82, 2.24) is 5.43 Å². The van der Waals surface area contributed by atoms with Crippen LogP contribution in [0.2, 0.25) is 0 Å². The molecule has 0 aliphatic heterocycles. The van der Waals surface area contributed by atoms with E-state index < -0.39 is 10.8 Å². The third-order valence-electron chi connectivity index (χ3n) is 3.23. The molecule has 0 radical (unpaired) electrons. The fourth-order valence-corrected chi connectivity index (χ4v) is 2.36. The lowest BCUT2D eigenvalue weighted by molar-refractivity contribution is -0.385. The maximum atomic E-state index is 12.1. The summed E-state index contributed by atoms with van der Waals surface area (Å²) in [6.07, 6.45) is 1.43. The largest absolute Gasteiger partial charge is 0.496 e. The molecule has 0 saturated carbocycles. The second-order valence-electron chi connectivity index (χ2n) is 4.84. The number of hydrazone groups is 1. The van der Waals surface area contributed by atoms with Crippen molar-refractivity contribution in [3.8, 4) is 5.75 Å². The molecule has 0 fully saturated rings. The molecule has 8 heteroatoms. The molecule has 2 aromatic carbocycles. The lowest BCUT2D eigenvalue weighted by atomic mass is 10.1. The molecule has 0 aliphatic rings. The van der Waals surface area contributed by atoms with Gasteiger partial charge >= 0.3 is 0 Å². The predicted octanol–water partition coefficient (Wildman–Crippen LogP) is 3.44. The number of carbonyl (C=O) groups excluding carboxylic acids is 1. The normalized spacial score (nSPS) is 10.6. The number of benzene rings is 2. The van der Waals surface area contributed by atoms with Crippen LogP contribution in [0.15, 0.2) is 46.0 Å². The zero-order chi connectivity index (χ0) is 17.7. The van der Waals surface area contributed by atoms with Gasteiger partial charge in [0.05, 0.1) is 18.2 Å². The third-order valence-corrected chi connectivity index (χ3v) is 3.72. The highest BCUT2D eigenvalue weighted by Crippen LogP contribution is 2.21. The minimum atomic E-state index is -0.539. The standard InChI is InChI=1S/C16H14BrN3O4/c1-10-3-4-11(8-14(10)20(22)23)16(21)19-18-9-12-7-13(17)5-6-15(12)24-2/h3-9H,1-2H3,(H,19,21)/b18-9+. The lowest BCUT2D eigenvalue weighted by Gasteiger charge is -2.05. The zero-order valence-corrected chi connectivity index (χ0v) is 14.5. The van der Waals surface area contributed by atoms with Crippen LogP contribution in [0.5, 0.6) is 5.75 Å². The van der Waals surface area contributed by atoms with Gasteiger partial charge in [-0.25, -0.2) is 5.43 Å². The van der Waals surface area contributed by atoms with Crippen molar-refractivity contribution in [2.75, 3.05) is 7.11 Å². The maximum Gasteiger partial charge on any atom is 0.273 e. The Morgan fingerprint density at radius 1 is 1.33 bits per heavy atom. The van der Waals surface area contributed by atoms with Crippen LogP contribution >= 0.6 is 15.9 Å². The van der Waals surface area contributed by atoms with E-state index >= 15 is 0 Å². The minimum Gasteiger partial charge on any atom is -0.496 e. The van der Waals surface area contributed by atoms with E-state index in [0.29, 0.717) is 16.9 Å². The highest BCUT2D eigenvalue weighted by atomic mass is 79.9. The van der Waals surface area contributed by atoms with Crippen LogP contribution in [0.3, 0.4) is 0 Å². The number of aryl methyl sites for hydroxylation is 1. The Morgan fingerprint density at radius 2 is 2.08 bits per heavy atom. The van der Waals surface area contributed by atoms with Crippen molar-refractivity contribution in [1.29, 1.82) is 0 Å². The van der Waals surface area contributed by atoms with Crippen LogP contribution in [0.4, 0.5) is 5.69 Å². The first kappa shape index (κ1) is 17.6. The van der Waals surface area contributed by atoms with Gasteiger partial charge in [0.2, 0.25) is 0 Å². The summed E-state index contributed by atoms with van der Waals surface area (Å²) in [5.74, 6) is 0.0606. The number of nitro benzene ring substituents is 1. The monoisotopic (exact) mass is 391 g/mol. The fourth-order valence-electron chi connectivity index (χ4n) is 1.98. The molecule has 1 N–H and O–H groups in total. The van der Waals surface area contributed by atoms with E-state index in [1.54, 1.807) is 19.1 Å². The molecule has 0 saturated heterocycles. The van der Waals surface area contributed by atoms with E-state index in [4.69, 9.17) is 4.74 Å². The number of ether oxygens (including phenoxy) is 1. The van der Waals surface area contributed by atoms with Gasteiger partial charge < -0.3 is 4.74 Å². The Hall–Kier alpha value is -2.74. The summed E-state index contributed by atoms with van der Waals surface area (Å²) in [4.78, 5) is 22.5. The summed E-state index contributed by atoms with van der Waals surface area (Å²) in [6, 6.07) is 9.61. The highest BCUT2D eigenvalue weighted by molar-refractivity contribution is 9.10. The number of nitrogens with zero attached hydrogens (tertiary/aromatic N) is 2. The number of nitro groups is 1. The summed E-state index contributed by atoms with van der Waals surface area (Å²) in [5.41, 5.74) is 3.54. The summed E-state index contributed by atoms with van der Waals surface area (Å²) in [7, 11) is 1.53. The Balaban J connectivity index is 2.15. The molecule has 0 aliphatic carbocycles. The van der Waals surface area contributed by atoms with Gasteiger partial charge in [-0.3, -0.25) is 14.9 Å². The van der Waals surface area contributed by atoms with Gasteiger partial charge in [0, 0.05) is 27.2 Å². The summed E-state index contributed by atoms with van der Waals surface area (Å²) >= 11 is 3.34. The van der Waals surface area contributed by atoms with E-state index in [9.17, 15) is 14.9 Å². The molecule has 2 rings (SSSR count). The molecular weight excluding hydrogens is 378 g/mol. The number of methoxy groups -OCH3 is 1. The second kappa shape index (κ2) is 7.69. The van der Waals surface area contributed by atoms with Gasteiger partial charge in [-0.05, 0) is 31.2 Å². The van der Waals surface area contributed by atoms with E-state index in [1.165, 1.54) is 31.5 Å². The molecule has 24 heavy (non-hydrogen) atoms. The van der Waals surface area contributed by atoms with Gasteiger partial charge in [-0.2, -0.15) is 5.10 Å². The highest BCUT2D eigenvalue weighted by Gasteiger charge is 2.14. The first-order valence-electron chi connectivity index (χ1n) is 6.84. The number of halogens is 1. The first-order chi connectivity index (χ1) is 11.4. The molecule has 0 aromatic heterocycles. The Kier molecular flexibility index (Phi) is 5.64. The number of amides is 1. The molecule has 7 nitrogen and oxygen atoms in total. The first-order valence-corrected chi connectivity index (χ1v) is 7.63. The quantitative estimate of drug-likeness (QED) is 0.479. The Labute approximate surface area is 146 Å². The van der Waals surface area contributed by atoms with Crippen molar-refractivity contribution in [2.45, 2.75) is 6.92 Å². The van der Waals surface area contributed by atoms with Gasteiger partial charge in [-0.1, -0.05) is 22.0 Å². The fraction of sp³-hybridized carbons (Fsp3) is 0.125. The van der Waals surface area contributed by atoms with Gasteiger partial charge in [0.1, 0.15) is 5.75 Å². The van der Waals surface area contributed by atoms with Crippen LogP contribution in [0.25, 0.3) is 0 Å². The van der Waals surface area contributed by atoms with Gasteiger partial charge in [0.15, 0.2) is 0 Å². The van der Waals surface area contributed by atoms with Crippen LogP contribution in [-0.4, -0.2) is 24.2 Å². The minimum absolute atomic E-state index is 0.111. The molecule has 0 unspecified atom stereocenters. The topological polar surface area (TPSA) is 93.8 Å². The van der Waals surface area contributed by atoms with E-state index in [2.05, 4.69) is 26.5 Å². The summed E-state index contributed by atoms with van der Waals surface area (Å²) < 4.78 is 6.04. The zero-order valence-electron chi connectivity index (χ0n) is 12.9. The van der Waals surface area contributed by atoms with E-state index in [-0.39, 0.29) is 11.3 Å². The molecule has 124 valence electrons. The average molecular weight is 392 g/mol. The molecule has 0 atom stereocenters. The van der Waals surface area contributed by atoms with Crippen LogP contribution < -0.4 is 10.2 Å². The molecule has 0 bridgehead atoms. The van der Waals surface area contributed by atoms with E-state index in [0.717, 1.165) is 4.47 Å². The second-order valence-corrected chi connectivity index (χ2v) is 5.76. The van der Waals surface area contributed by atoms with E-state index in [1.807, 2.05) is 6.07 Å². The van der Waals surface area contributed by atoms with Crippen molar-refractivity contribution in [3.05, 3.63) is 67.7 Å². The SMILES string of the molecule is COc1ccc(Br)cc1/C=N/NC(=O)c1ccc(C)c([N+](=O)[O-])c1. The average Bonchev–Trinajstić information content (AvgIpc) is 2.55. The van der Waals surface area contributed by atoms with Crippen molar-refractivity contribution >= 4 is 33.7 Å². The van der Waals surface area contributed by atoms with Crippen LogP contribution in [0, 0.1) is 17.0 Å².